The average Bonchev–Trinajstić information content (AvgIpc) is 2.38. The van der Waals surface area contributed by atoms with Crippen molar-refractivity contribution in [2.24, 2.45) is 0 Å². The largest absolute Gasteiger partial charge is 0.493 e. The summed E-state index contributed by atoms with van der Waals surface area (Å²) in [5.74, 6) is 0.0748. The van der Waals surface area contributed by atoms with E-state index in [2.05, 4.69) is 0 Å². The molecule has 1 aromatic rings. The van der Waals surface area contributed by atoms with Crippen molar-refractivity contribution in [2.45, 2.75) is 6.42 Å². The number of aliphatic hydroxyl groups excluding tert-OH is 1. The van der Waals surface area contributed by atoms with Crippen LogP contribution in [0.4, 0.5) is 5.69 Å². The Morgan fingerprint density at radius 3 is 2.72 bits per heavy atom. The number of ether oxygens (including phenoxy) is 2. The number of nitro groups is 1. The number of nitrogens with zero attached hydrogens (tertiary/aromatic N) is 1. The molecule has 0 atom stereocenters. The predicted octanol–water partition coefficient (Wildman–Crippen LogP) is 1.18. The number of nitro benzene ring substituents is 1. The van der Waals surface area contributed by atoms with Gasteiger partial charge in [0.2, 0.25) is 5.75 Å². The molecule has 1 N–H and O–H groups in total. The molecule has 98 valence electrons. The maximum absolute atomic E-state index is 10.9. The van der Waals surface area contributed by atoms with Gasteiger partial charge in [0, 0.05) is 24.7 Å². The third-order valence-electron chi connectivity index (χ3n) is 2.16. The number of hydrogen-bond acceptors (Lipinski definition) is 6. The Morgan fingerprint density at radius 1 is 1.50 bits per heavy atom. The third kappa shape index (κ3) is 3.17. The van der Waals surface area contributed by atoms with Gasteiger partial charge < -0.3 is 14.6 Å². The van der Waals surface area contributed by atoms with Gasteiger partial charge in [-0.25, -0.2) is 0 Å². The Kier molecular flexibility index (Phi) is 5.06. The lowest BCUT2D eigenvalue weighted by atomic mass is 10.2. The number of rotatable bonds is 7. The van der Waals surface area contributed by atoms with Gasteiger partial charge in [-0.05, 0) is 6.07 Å². The molecule has 0 saturated heterocycles. The van der Waals surface area contributed by atoms with E-state index in [0.717, 1.165) is 6.07 Å². The molecule has 0 aliphatic carbocycles. The van der Waals surface area contributed by atoms with Gasteiger partial charge in [-0.2, -0.15) is 0 Å². The minimum Gasteiger partial charge on any atom is -0.493 e. The lowest BCUT2D eigenvalue weighted by Gasteiger charge is -2.11. The van der Waals surface area contributed by atoms with E-state index >= 15 is 0 Å². The highest BCUT2D eigenvalue weighted by molar-refractivity contribution is 5.79. The van der Waals surface area contributed by atoms with Crippen LogP contribution in [0.2, 0.25) is 0 Å². The Balaban J connectivity index is 3.17. The third-order valence-corrected chi connectivity index (χ3v) is 2.16. The molecule has 0 aliphatic heterocycles. The van der Waals surface area contributed by atoms with Crippen molar-refractivity contribution in [3.63, 3.8) is 0 Å². The Bertz CT molecular complexity index is 445. The first-order valence-corrected chi connectivity index (χ1v) is 5.19. The van der Waals surface area contributed by atoms with Crippen LogP contribution < -0.4 is 9.47 Å². The van der Waals surface area contributed by atoms with Crippen LogP contribution in [0.15, 0.2) is 12.1 Å². The summed E-state index contributed by atoms with van der Waals surface area (Å²) < 4.78 is 10.2. The van der Waals surface area contributed by atoms with Gasteiger partial charge in [0.05, 0.1) is 18.6 Å². The van der Waals surface area contributed by atoms with Crippen molar-refractivity contribution < 1.29 is 24.3 Å². The summed E-state index contributed by atoms with van der Waals surface area (Å²) in [5, 5.41) is 19.5. The van der Waals surface area contributed by atoms with Gasteiger partial charge in [-0.3, -0.25) is 14.9 Å². The fraction of sp³-hybridized carbons (Fsp3) is 0.364. The fourth-order valence-corrected chi connectivity index (χ4v) is 1.35. The minimum absolute atomic E-state index is 0.0402. The molecular formula is C11H13NO6. The molecule has 1 aromatic carbocycles. The van der Waals surface area contributed by atoms with E-state index in [1.54, 1.807) is 0 Å². The zero-order valence-electron chi connectivity index (χ0n) is 9.79. The number of hydrogen-bond donors (Lipinski definition) is 1. The summed E-state index contributed by atoms with van der Waals surface area (Å²) in [6, 6.07) is 2.47. The van der Waals surface area contributed by atoms with E-state index < -0.39 is 4.92 Å². The monoisotopic (exact) mass is 255 g/mol. The molecule has 7 nitrogen and oxygen atoms in total. The number of benzene rings is 1. The summed E-state index contributed by atoms with van der Waals surface area (Å²) in [5.41, 5.74) is -0.206. The number of methoxy groups -OCH3 is 1. The molecule has 0 spiro atoms. The molecule has 1 rings (SSSR count). The normalized spacial score (nSPS) is 9.89. The van der Waals surface area contributed by atoms with Gasteiger partial charge in [-0.1, -0.05) is 0 Å². The van der Waals surface area contributed by atoms with Crippen molar-refractivity contribution in [1.29, 1.82) is 0 Å². The average molecular weight is 255 g/mol. The predicted molar refractivity (Wildman–Crippen MR) is 62.2 cm³/mol. The van der Waals surface area contributed by atoms with Crippen LogP contribution in [-0.2, 0) is 0 Å². The second-order valence-electron chi connectivity index (χ2n) is 3.37. The Morgan fingerprint density at radius 2 is 2.22 bits per heavy atom. The molecule has 0 amide bonds. The van der Waals surface area contributed by atoms with Gasteiger partial charge in [-0.15, -0.1) is 0 Å². The van der Waals surface area contributed by atoms with Crippen molar-refractivity contribution in [1.82, 2.24) is 0 Å². The molecule has 0 saturated carbocycles. The van der Waals surface area contributed by atoms with Crippen LogP contribution in [-0.4, -0.2) is 36.6 Å². The molecule has 7 heteroatoms. The zero-order chi connectivity index (χ0) is 13.5. The van der Waals surface area contributed by atoms with E-state index in [4.69, 9.17) is 14.6 Å². The molecule has 0 unspecified atom stereocenters. The van der Waals surface area contributed by atoms with Crippen LogP contribution in [0, 0.1) is 10.1 Å². The number of aliphatic hydroxyl groups is 1. The first-order valence-electron chi connectivity index (χ1n) is 5.19. The van der Waals surface area contributed by atoms with Gasteiger partial charge >= 0.3 is 5.69 Å². The highest BCUT2D eigenvalue weighted by Gasteiger charge is 2.22. The molecule has 18 heavy (non-hydrogen) atoms. The van der Waals surface area contributed by atoms with Crippen LogP contribution in [0.3, 0.4) is 0 Å². The SMILES string of the molecule is COc1cc(C=O)cc([N+](=O)[O-])c1OCCCO. The van der Waals surface area contributed by atoms with Crippen molar-refractivity contribution in [3.8, 4) is 11.5 Å². The molecular weight excluding hydrogens is 242 g/mol. The number of aldehydes is 1. The fourth-order valence-electron chi connectivity index (χ4n) is 1.35. The number of carbonyl (C=O) groups is 1. The van der Waals surface area contributed by atoms with Crippen LogP contribution >= 0.6 is 0 Å². The van der Waals surface area contributed by atoms with Crippen LogP contribution in [0.25, 0.3) is 0 Å². The first kappa shape index (κ1) is 13.9. The summed E-state index contributed by atoms with van der Waals surface area (Å²) in [6.07, 6.45) is 0.836. The van der Waals surface area contributed by atoms with Crippen molar-refractivity contribution >= 4 is 12.0 Å². The summed E-state index contributed by atoms with van der Waals surface area (Å²) in [4.78, 5) is 20.9. The van der Waals surface area contributed by atoms with Crippen molar-refractivity contribution in [3.05, 3.63) is 27.8 Å². The number of carbonyl (C=O) groups excluding carboxylic acids is 1. The summed E-state index contributed by atoms with van der Waals surface area (Å²) >= 11 is 0. The van der Waals surface area contributed by atoms with Crippen molar-refractivity contribution in [2.75, 3.05) is 20.3 Å². The van der Waals surface area contributed by atoms with Gasteiger partial charge in [0.1, 0.15) is 6.29 Å². The standard InChI is InChI=1S/C11H13NO6/c1-17-10-6-8(7-14)5-9(12(15)16)11(10)18-4-2-3-13/h5-7,13H,2-4H2,1H3. The Labute approximate surface area is 103 Å². The molecule has 0 aliphatic rings. The van der Waals surface area contributed by atoms with E-state index in [1.807, 2.05) is 0 Å². The summed E-state index contributed by atoms with van der Waals surface area (Å²) in [6.45, 7) is 0.0384. The smallest absolute Gasteiger partial charge is 0.315 e. The quantitative estimate of drug-likeness (QED) is 0.340. The lowest BCUT2D eigenvalue weighted by Crippen LogP contribution is -2.04. The van der Waals surface area contributed by atoms with Gasteiger partial charge in [0.25, 0.3) is 0 Å². The van der Waals surface area contributed by atoms with Crippen LogP contribution in [0.5, 0.6) is 11.5 Å². The minimum atomic E-state index is -0.649. The topological polar surface area (TPSA) is 98.9 Å². The maximum atomic E-state index is 10.9. The van der Waals surface area contributed by atoms with Crippen LogP contribution in [0.1, 0.15) is 16.8 Å². The second kappa shape index (κ2) is 6.55. The Hall–Kier alpha value is -2.15. The molecule has 0 bridgehead atoms. The maximum Gasteiger partial charge on any atom is 0.315 e. The van der Waals surface area contributed by atoms with Gasteiger partial charge in [0.15, 0.2) is 5.75 Å². The first-order chi connectivity index (χ1) is 8.63. The molecule has 0 fully saturated rings. The second-order valence-corrected chi connectivity index (χ2v) is 3.37. The summed E-state index contributed by atoms with van der Waals surface area (Å²) in [7, 11) is 1.33. The zero-order valence-corrected chi connectivity index (χ0v) is 9.79. The van der Waals surface area contributed by atoms with E-state index in [-0.39, 0.29) is 36.0 Å². The highest BCUT2D eigenvalue weighted by Crippen LogP contribution is 2.37. The highest BCUT2D eigenvalue weighted by atomic mass is 16.6. The molecule has 0 radical (unpaired) electrons. The molecule has 0 heterocycles. The lowest BCUT2D eigenvalue weighted by molar-refractivity contribution is -0.386. The van der Waals surface area contributed by atoms with E-state index in [0.29, 0.717) is 12.7 Å². The molecule has 0 aromatic heterocycles. The van der Waals surface area contributed by atoms with E-state index in [1.165, 1.54) is 13.2 Å². The van der Waals surface area contributed by atoms with E-state index in [9.17, 15) is 14.9 Å².